The molecular formula is C16H18BrF3N4. The molecule has 0 aliphatic heterocycles. The fourth-order valence-electron chi connectivity index (χ4n) is 1.91. The number of nitrogens with one attached hydrogen (secondary N) is 2. The number of alkyl halides is 3. The Kier molecular flexibility index (Phi) is 5.69. The Morgan fingerprint density at radius 3 is 2.50 bits per heavy atom. The lowest BCUT2D eigenvalue weighted by Crippen LogP contribution is -2.18. The second-order valence-electron chi connectivity index (χ2n) is 5.50. The lowest BCUT2D eigenvalue weighted by atomic mass is 10.2. The molecule has 2 N–H and O–H groups in total. The van der Waals surface area contributed by atoms with E-state index in [0.717, 1.165) is 22.5 Å². The van der Waals surface area contributed by atoms with Gasteiger partial charge in [0.1, 0.15) is 5.82 Å². The van der Waals surface area contributed by atoms with Gasteiger partial charge < -0.3 is 10.6 Å². The van der Waals surface area contributed by atoms with Crippen molar-refractivity contribution in [3.63, 3.8) is 0 Å². The molecule has 130 valence electrons. The van der Waals surface area contributed by atoms with Crippen molar-refractivity contribution in [3.8, 4) is 0 Å². The molecule has 1 atom stereocenters. The molecule has 0 spiro atoms. The minimum atomic E-state index is -4.54. The van der Waals surface area contributed by atoms with Crippen LogP contribution in [0.1, 0.15) is 31.5 Å². The molecule has 1 aromatic carbocycles. The molecule has 0 saturated carbocycles. The average molecular weight is 403 g/mol. The molecule has 1 heterocycles. The van der Waals surface area contributed by atoms with E-state index >= 15 is 0 Å². The highest BCUT2D eigenvalue weighted by molar-refractivity contribution is 9.10. The number of rotatable bonds is 5. The second kappa shape index (κ2) is 7.38. The zero-order valence-electron chi connectivity index (χ0n) is 13.5. The average Bonchev–Trinajstić information content (AvgIpc) is 2.49. The number of anilines is 3. The molecule has 0 unspecified atom stereocenters. The van der Waals surface area contributed by atoms with Crippen LogP contribution in [0.2, 0.25) is 0 Å². The second-order valence-corrected chi connectivity index (χ2v) is 6.36. The summed E-state index contributed by atoms with van der Waals surface area (Å²) in [4.78, 5) is 7.71. The minimum Gasteiger partial charge on any atom is -0.352 e. The molecule has 0 amide bonds. The van der Waals surface area contributed by atoms with Crippen LogP contribution in [0, 0.1) is 6.92 Å². The van der Waals surface area contributed by atoms with Crippen LogP contribution in [0.5, 0.6) is 0 Å². The summed E-state index contributed by atoms with van der Waals surface area (Å²) in [6, 6.07) is 6.27. The van der Waals surface area contributed by atoms with Crippen LogP contribution >= 0.6 is 15.9 Å². The van der Waals surface area contributed by atoms with Gasteiger partial charge in [-0.25, -0.2) is 4.98 Å². The van der Waals surface area contributed by atoms with Gasteiger partial charge in [-0.2, -0.15) is 18.2 Å². The molecule has 2 rings (SSSR count). The van der Waals surface area contributed by atoms with E-state index in [1.165, 1.54) is 0 Å². The number of nitrogens with zero attached hydrogens (tertiary/aromatic N) is 2. The van der Waals surface area contributed by atoms with Crippen LogP contribution in [0.3, 0.4) is 0 Å². The molecule has 2 aromatic rings. The van der Waals surface area contributed by atoms with Crippen LogP contribution in [0.15, 0.2) is 28.7 Å². The maximum Gasteiger partial charge on any atom is 0.433 e. The van der Waals surface area contributed by atoms with E-state index < -0.39 is 11.9 Å². The third-order valence-corrected chi connectivity index (χ3v) is 4.32. The maximum absolute atomic E-state index is 13.1. The van der Waals surface area contributed by atoms with Crippen molar-refractivity contribution in [2.24, 2.45) is 0 Å². The van der Waals surface area contributed by atoms with Gasteiger partial charge in [0, 0.05) is 22.3 Å². The molecule has 0 bridgehead atoms. The van der Waals surface area contributed by atoms with Crippen LogP contribution in [-0.2, 0) is 6.18 Å². The first kappa shape index (κ1) is 18.5. The van der Waals surface area contributed by atoms with Crippen LogP contribution in [0.4, 0.5) is 30.6 Å². The summed E-state index contributed by atoms with van der Waals surface area (Å²) in [6.45, 7) is 5.68. The van der Waals surface area contributed by atoms with E-state index in [2.05, 4.69) is 36.5 Å². The third kappa shape index (κ3) is 4.83. The molecule has 24 heavy (non-hydrogen) atoms. The van der Waals surface area contributed by atoms with Crippen molar-refractivity contribution in [3.05, 3.63) is 40.0 Å². The highest BCUT2D eigenvalue weighted by Gasteiger charge is 2.33. The summed E-state index contributed by atoms with van der Waals surface area (Å²) in [5.41, 5.74) is 0.625. The number of hydrogen-bond donors (Lipinski definition) is 2. The summed E-state index contributed by atoms with van der Waals surface area (Å²) >= 11 is 3.39. The van der Waals surface area contributed by atoms with E-state index in [1.54, 1.807) is 6.07 Å². The standard InChI is InChI=1S/C16H18BrF3N4/c1-4-10(3)21-15-23-13(16(18,19)20)8-14(24-15)22-11-5-6-12(17)9(2)7-11/h5-8,10H,4H2,1-3H3,(H2,21,22,23,24)/t10-/m1/s1. The highest BCUT2D eigenvalue weighted by Crippen LogP contribution is 2.31. The van der Waals surface area contributed by atoms with Crippen LogP contribution in [-0.4, -0.2) is 16.0 Å². The summed E-state index contributed by atoms with van der Waals surface area (Å²) in [6.07, 6.45) is -3.80. The predicted molar refractivity (Wildman–Crippen MR) is 92.6 cm³/mol. The topological polar surface area (TPSA) is 49.8 Å². The van der Waals surface area contributed by atoms with Gasteiger partial charge in [-0.3, -0.25) is 0 Å². The predicted octanol–water partition coefficient (Wildman–Crippen LogP) is 5.52. The van der Waals surface area contributed by atoms with Gasteiger partial charge >= 0.3 is 6.18 Å². The Morgan fingerprint density at radius 2 is 1.92 bits per heavy atom. The highest BCUT2D eigenvalue weighted by atomic mass is 79.9. The fourth-order valence-corrected chi connectivity index (χ4v) is 2.16. The van der Waals surface area contributed by atoms with Gasteiger partial charge in [0.15, 0.2) is 5.69 Å². The summed E-state index contributed by atoms with van der Waals surface area (Å²) in [5, 5.41) is 5.79. The first-order valence-electron chi connectivity index (χ1n) is 7.45. The molecule has 0 fully saturated rings. The summed E-state index contributed by atoms with van der Waals surface area (Å²) < 4.78 is 40.1. The van der Waals surface area contributed by atoms with Gasteiger partial charge in [0.25, 0.3) is 0 Å². The monoisotopic (exact) mass is 402 g/mol. The third-order valence-electron chi connectivity index (χ3n) is 3.43. The Balaban J connectivity index is 2.36. The Bertz CT molecular complexity index is 719. The van der Waals surface area contributed by atoms with Crippen molar-refractivity contribution in [2.45, 2.75) is 39.4 Å². The molecule has 4 nitrogen and oxygen atoms in total. The normalized spacial score (nSPS) is 12.8. The van der Waals surface area contributed by atoms with E-state index in [4.69, 9.17) is 0 Å². The maximum atomic E-state index is 13.1. The number of benzene rings is 1. The van der Waals surface area contributed by atoms with E-state index in [1.807, 2.05) is 32.9 Å². The van der Waals surface area contributed by atoms with Gasteiger partial charge in [-0.05, 0) is 44.0 Å². The van der Waals surface area contributed by atoms with Crippen molar-refractivity contribution in [2.75, 3.05) is 10.6 Å². The number of aromatic nitrogens is 2. The Hall–Kier alpha value is -1.83. The minimum absolute atomic E-state index is 0.0312. The summed E-state index contributed by atoms with van der Waals surface area (Å²) in [5.74, 6) is 0.0420. The first-order valence-corrected chi connectivity index (χ1v) is 8.24. The van der Waals surface area contributed by atoms with Crippen LogP contribution < -0.4 is 10.6 Å². The van der Waals surface area contributed by atoms with Gasteiger partial charge in [0.05, 0.1) is 0 Å². The Labute approximate surface area is 147 Å². The number of aryl methyl sites for hydroxylation is 1. The lowest BCUT2D eigenvalue weighted by Gasteiger charge is -2.15. The van der Waals surface area contributed by atoms with E-state index in [9.17, 15) is 13.2 Å². The summed E-state index contributed by atoms with van der Waals surface area (Å²) in [7, 11) is 0. The van der Waals surface area contributed by atoms with Crippen molar-refractivity contribution < 1.29 is 13.2 Å². The molecule has 0 radical (unpaired) electrons. The molecule has 0 saturated heterocycles. The van der Waals surface area contributed by atoms with Crippen LogP contribution in [0.25, 0.3) is 0 Å². The molecule has 1 aromatic heterocycles. The molecular weight excluding hydrogens is 385 g/mol. The molecule has 0 aliphatic rings. The quantitative estimate of drug-likeness (QED) is 0.690. The lowest BCUT2D eigenvalue weighted by molar-refractivity contribution is -0.141. The fraction of sp³-hybridized carbons (Fsp3) is 0.375. The first-order chi connectivity index (χ1) is 11.2. The van der Waals surface area contributed by atoms with Gasteiger partial charge in [-0.15, -0.1) is 0 Å². The van der Waals surface area contributed by atoms with Gasteiger partial charge in [-0.1, -0.05) is 22.9 Å². The molecule has 8 heteroatoms. The largest absolute Gasteiger partial charge is 0.433 e. The Morgan fingerprint density at radius 1 is 1.21 bits per heavy atom. The van der Waals surface area contributed by atoms with E-state index in [0.29, 0.717) is 5.69 Å². The van der Waals surface area contributed by atoms with Gasteiger partial charge in [0.2, 0.25) is 5.95 Å². The van der Waals surface area contributed by atoms with Crippen molar-refractivity contribution in [1.29, 1.82) is 0 Å². The zero-order chi connectivity index (χ0) is 17.9. The molecule has 0 aliphatic carbocycles. The van der Waals surface area contributed by atoms with E-state index in [-0.39, 0.29) is 17.8 Å². The van der Waals surface area contributed by atoms with Crippen molar-refractivity contribution in [1.82, 2.24) is 9.97 Å². The number of halogens is 4. The van der Waals surface area contributed by atoms with Crippen molar-refractivity contribution >= 4 is 33.4 Å². The number of hydrogen-bond acceptors (Lipinski definition) is 4. The zero-order valence-corrected chi connectivity index (χ0v) is 15.1. The SMILES string of the molecule is CC[C@@H](C)Nc1nc(Nc2ccc(Br)c(C)c2)cc(C(F)(F)F)n1. The smallest absolute Gasteiger partial charge is 0.352 e.